The van der Waals surface area contributed by atoms with Crippen LogP contribution in [0.3, 0.4) is 0 Å². The van der Waals surface area contributed by atoms with E-state index in [-0.39, 0.29) is 36.5 Å². The van der Waals surface area contributed by atoms with E-state index in [1.807, 2.05) is 50.2 Å². The third-order valence-corrected chi connectivity index (χ3v) is 5.95. The average molecular weight is 535 g/mol. The molecule has 0 bridgehead atoms. The van der Waals surface area contributed by atoms with Crippen LogP contribution in [0.25, 0.3) is 0 Å². The lowest BCUT2D eigenvalue weighted by Crippen LogP contribution is -2.18. The average Bonchev–Trinajstić information content (AvgIpc) is 2.92. The number of nitrogens with one attached hydrogen (secondary N) is 4. The highest BCUT2D eigenvalue weighted by molar-refractivity contribution is 6.06. The SMILES string of the molecule is Cc1cccc(NC(=O)c2cccc(NC(=O)CCC(=O)Nc3cccc(C(=O)Nc4cccc(C)c4)c3)c2)c1. The van der Waals surface area contributed by atoms with Gasteiger partial charge in [0.1, 0.15) is 0 Å². The first-order valence-electron chi connectivity index (χ1n) is 12.8. The molecule has 0 saturated carbocycles. The van der Waals surface area contributed by atoms with Gasteiger partial charge in [0.05, 0.1) is 0 Å². The predicted molar refractivity (Wildman–Crippen MR) is 158 cm³/mol. The lowest BCUT2D eigenvalue weighted by Gasteiger charge is -2.10. The molecule has 0 atom stereocenters. The quantitative estimate of drug-likeness (QED) is 0.206. The number of rotatable bonds is 9. The van der Waals surface area contributed by atoms with Gasteiger partial charge in [-0.2, -0.15) is 0 Å². The number of anilines is 4. The van der Waals surface area contributed by atoms with Gasteiger partial charge in [-0.3, -0.25) is 19.2 Å². The molecule has 0 aliphatic heterocycles. The second-order valence-electron chi connectivity index (χ2n) is 9.41. The maximum absolute atomic E-state index is 12.6. The van der Waals surface area contributed by atoms with Gasteiger partial charge in [-0.05, 0) is 85.6 Å². The van der Waals surface area contributed by atoms with Gasteiger partial charge in [0.25, 0.3) is 11.8 Å². The first-order chi connectivity index (χ1) is 19.2. The Balaban J connectivity index is 1.27. The molecule has 0 aliphatic carbocycles. The van der Waals surface area contributed by atoms with Gasteiger partial charge >= 0.3 is 0 Å². The molecule has 0 radical (unpaired) electrons. The van der Waals surface area contributed by atoms with Crippen LogP contribution >= 0.6 is 0 Å². The molecule has 0 unspecified atom stereocenters. The Morgan fingerprint density at radius 1 is 0.475 bits per heavy atom. The largest absolute Gasteiger partial charge is 0.326 e. The summed E-state index contributed by atoms with van der Waals surface area (Å²) in [6.07, 6.45) is -0.113. The molecule has 8 heteroatoms. The third-order valence-electron chi connectivity index (χ3n) is 5.95. The van der Waals surface area contributed by atoms with E-state index >= 15 is 0 Å². The summed E-state index contributed by atoms with van der Waals surface area (Å²) in [5.74, 6) is -1.32. The molecule has 202 valence electrons. The van der Waals surface area contributed by atoms with Gasteiger partial charge in [-0.15, -0.1) is 0 Å². The molecule has 0 heterocycles. The minimum absolute atomic E-state index is 0.0565. The Labute approximate surface area is 232 Å². The Hall–Kier alpha value is -5.24. The van der Waals surface area contributed by atoms with Crippen LogP contribution in [0.5, 0.6) is 0 Å². The summed E-state index contributed by atoms with van der Waals surface area (Å²) < 4.78 is 0. The zero-order chi connectivity index (χ0) is 28.5. The van der Waals surface area contributed by atoms with E-state index in [4.69, 9.17) is 0 Å². The van der Waals surface area contributed by atoms with Gasteiger partial charge in [0, 0.05) is 46.7 Å². The molecule has 40 heavy (non-hydrogen) atoms. The summed E-state index contributed by atoms with van der Waals surface area (Å²) in [5.41, 5.74) is 5.11. The van der Waals surface area contributed by atoms with E-state index in [1.54, 1.807) is 60.7 Å². The standard InChI is InChI=1S/C32H30N4O4/c1-21-7-3-11-25(17-21)35-31(39)23-9-5-13-27(19-23)33-29(37)15-16-30(38)34-28-14-6-10-24(20-28)32(40)36-26-12-4-8-22(2)18-26/h3-14,17-20H,15-16H2,1-2H3,(H,33,37)(H,34,38)(H,35,39)(H,36,40). The topological polar surface area (TPSA) is 116 Å². The number of hydrogen-bond acceptors (Lipinski definition) is 4. The van der Waals surface area contributed by atoms with Crippen LogP contribution in [0.15, 0.2) is 97.1 Å². The maximum atomic E-state index is 12.6. The van der Waals surface area contributed by atoms with Crippen molar-refractivity contribution in [1.29, 1.82) is 0 Å². The smallest absolute Gasteiger partial charge is 0.255 e. The molecular formula is C32H30N4O4. The predicted octanol–water partition coefficient (Wildman–Crippen LogP) is 6.17. The van der Waals surface area contributed by atoms with Gasteiger partial charge in [0.15, 0.2) is 0 Å². The molecule has 0 aromatic heterocycles. The fraction of sp³-hybridized carbons (Fsp3) is 0.125. The number of carbonyl (C=O) groups excluding carboxylic acids is 4. The van der Waals surface area contributed by atoms with Crippen LogP contribution < -0.4 is 21.3 Å². The summed E-state index contributed by atoms with van der Waals surface area (Å²) in [7, 11) is 0. The van der Waals surface area contributed by atoms with Crippen molar-refractivity contribution in [3.63, 3.8) is 0 Å². The summed E-state index contributed by atoms with van der Waals surface area (Å²) >= 11 is 0. The molecule has 4 N–H and O–H groups in total. The van der Waals surface area contributed by atoms with E-state index in [9.17, 15) is 19.2 Å². The fourth-order valence-electron chi connectivity index (χ4n) is 4.00. The van der Waals surface area contributed by atoms with E-state index in [0.717, 1.165) is 11.1 Å². The number of hydrogen-bond donors (Lipinski definition) is 4. The van der Waals surface area contributed by atoms with E-state index in [2.05, 4.69) is 21.3 Å². The summed E-state index contributed by atoms with van der Waals surface area (Å²) in [4.78, 5) is 50.2. The molecule has 4 aromatic rings. The highest BCUT2D eigenvalue weighted by Crippen LogP contribution is 2.17. The molecule has 8 nitrogen and oxygen atoms in total. The van der Waals surface area contributed by atoms with Crippen LogP contribution in [0.2, 0.25) is 0 Å². The fourth-order valence-corrected chi connectivity index (χ4v) is 4.00. The van der Waals surface area contributed by atoms with Crippen molar-refractivity contribution in [3.05, 3.63) is 119 Å². The van der Waals surface area contributed by atoms with Crippen LogP contribution in [0.4, 0.5) is 22.7 Å². The highest BCUT2D eigenvalue weighted by Gasteiger charge is 2.12. The zero-order valence-electron chi connectivity index (χ0n) is 22.3. The second-order valence-corrected chi connectivity index (χ2v) is 9.41. The molecule has 0 aliphatic rings. The van der Waals surface area contributed by atoms with Crippen molar-refractivity contribution < 1.29 is 19.2 Å². The van der Waals surface area contributed by atoms with E-state index in [1.165, 1.54) is 0 Å². The number of aryl methyl sites for hydroxylation is 2. The number of amides is 4. The van der Waals surface area contributed by atoms with Gasteiger partial charge in [-0.1, -0.05) is 36.4 Å². The minimum Gasteiger partial charge on any atom is -0.326 e. The molecular weight excluding hydrogens is 504 g/mol. The van der Waals surface area contributed by atoms with Crippen molar-refractivity contribution in [2.75, 3.05) is 21.3 Å². The second kappa shape index (κ2) is 13.0. The van der Waals surface area contributed by atoms with E-state index in [0.29, 0.717) is 33.9 Å². The molecule has 0 spiro atoms. The van der Waals surface area contributed by atoms with Crippen molar-refractivity contribution in [1.82, 2.24) is 0 Å². The van der Waals surface area contributed by atoms with Crippen molar-refractivity contribution in [2.45, 2.75) is 26.7 Å². The van der Waals surface area contributed by atoms with Crippen LogP contribution in [0, 0.1) is 13.8 Å². The number of benzene rings is 4. The Kier molecular flexibility index (Phi) is 9.04. The van der Waals surface area contributed by atoms with Gasteiger partial charge in [-0.25, -0.2) is 0 Å². The molecule has 0 saturated heterocycles. The molecule has 4 aromatic carbocycles. The first-order valence-corrected chi connectivity index (χ1v) is 12.8. The van der Waals surface area contributed by atoms with Gasteiger partial charge in [0.2, 0.25) is 11.8 Å². The lowest BCUT2D eigenvalue weighted by molar-refractivity contribution is -0.121. The van der Waals surface area contributed by atoms with Crippen LogP contribution in [-0.4, -0.2) is 23.6 Å². The minimum atomic E-state index is -0.363. The normalized spacial score (nSPS) is 10.3. The molecule has 0 fully saturated rings. The molecule has 4 rings (SSSR count). The summed E-state index contributed by atoms with van der Waals surface area (Å²) in [6, 6.07) is 28.1. The Morgan fingerprint density at radius 2 is 0.825 bits per heavy atom. The Morgan fingerprint density at radius 3 is 1.20 bits per heavy atom. The highest BCUT2D eigenvalue weighted by atomic mass is 16.2. The maximum Gasteiger partial charge on any atom is 0.255 e. The third kappa shape index (κ3) is 8.13. The van der Waals surface area contributed by atoms with Crippen molar-refractivity contribution >= 4 is 46.4 Å². The summed E-state index contributed by atoms with van der Waals surface area (Å²) in [6.45, 7) is 3.88. The van der Waals surface area contributed by atoms with Crippen molar-refractivity contribution in [2.24, 2.45) is 0 Å². The monoisotopic (exact) mass is 534 g/mol. The van der Waals surface area contributed by atoms with Crippen LogP contribution in [-0.2, 0) is 9.59 Å². The zero-order valence-corrected chi connectivity index (χ0v) is 22.3. The Bertz CT molecular complexity index is 1450. The van der Waals surface area contributed by atoms with E-state index < -0.39 is 0 Å². The number of carbonyl (C=O) groups is 4. The van der Waals surface area contributed by atoms with Crippen LogP contribution in [0.1, 0.15) is 44.7 Å². The summed E-state index contributed by atoms with van der Waals surface area (Å²) in [5, 5.41) is 11.1. The first kappa shape index (κ1) is 27.8. The lowest BCUT2D eigenvalue weighted by atomic mass is 10.1. The molecule has 4 amide bonds. The van der Waals surface area contributed by atoms with Crippen molar-refractivity contribution in [3.8, 4) is 0 Å². The van der Waals surface area contributed by atoms with Gasteiger partial charge < -0.3 is 21.3 Å².